The minimum absolute atomic E-state index is 0.332. The van der Waals surface area contributed by atoms with Gasteiger partial charge in [0.15, 0.2) is 0 Å². The summed E-state index contributed by atoms with van der Waals surface area (Å²) in [4.78, 5) is 4.43. The molecule has 0 aliphatic heterocycles. The minimum Gasteiger partial charge on any atom is -0.399 e. The fourth-order valence-corrected chi connectivity index (χ4v) is 2.47. The van der Waals surface area contributed by atoms with Crippen molar-refractivity contribution in [3.8, 4) is 0 Å². The van der Waals surface area contributed by atoms with E-state index in [9.17, 15) is 0 Å². The highest BCUT2D eigenvalue weighted by molar-refractivity contribution is 6.64. The average Bonchev–Trinajstić information content (AvgIpc) is 2.58. The first-order valence-corrected chi connectivity index (χ1v) is 8.09. The second-order valence-corrected chi connectivity index (χ2v) is 5.70. The number of rotatable bonds is 6. The van der Waals surface area contributed by atoms with Gasteiger partial charge < -0.3 is 22.2 Å². The second-order valence-electron chi connectivity index (χ2n) is 5.32. The molecule has 0 saturated heterocycles. The third-order valence-corrected chi connectivity index (χ3v) is 3.85. The standard InChI is InChI=1S/C18H19BClN5/c1-2-4-16(25-18(19)11-5-3-6-12(22)9-11)24-15-8-7-14(23)13(10-21)17(15)20/h3-10,21,24H,2,22-23H2,1H3/b16-4+,21-10?,25-18-. The van der Waals surface area contributed by atoms with Gasteiger partial charge in [0.1, 0.15) is 13.7 Å². The lowest BCUT2D eigenvalue weighted by molar-refractivity contribution is 1.16. The van der Waals surface area contributed by atoms with Gasteiger partial charge in [-0.2, -0.15) is 0 Å². The molecule has 0 atom stereocenters. The number of anilines is 3. The lowest BCUT2D eigenvalue weighted by Gasteiger charge is -2.13. The minimum atomic E-state index is 0.332. The van der Waals surface area contributed by atoms with E-state index in [1.54, 1.807) is 24.3 Å². The summed E-state index contributed by atoms with van der Waals surface area (Å²) < 4.78 is 0. The molecule has 0 aliphatic rings. The number of benzene rings is 2. The fourth-order valence-electron chi connectivity index (χ4n) is 2.20. The third-order valence-electron chi connectivity index (χ3n) is 3.44. The summed E-state index contributed by atoms with van der Waals surface area (Å²) in [5.74, 6) is 0.546. The van der Waals surface area contributed by atoms with Gasteiger partial charge in [0.2, 0.25) is 0 Å². The van der Waals surface area contributed by atoms with Crippen molar-refractivity contribution in [1.29, 1.82) is 5.41 Å². The van der Waals surface area contributed by atoms with Crippen molar-refractivity contribution in [2.75, 3.05) is 16.8 Å². The predicted octanol–water partition coefficient (Wildman–Crippen LogP) is 3.78. The van der Waals surface area contributed by atoms with Crippen LogP contribution in [0.15, 0.2) is 53.3 Å². The van der Waals surface area contributed by atoms with Crippen LogP contribution in [-0.4, -0.2) is 19.7 Å². The SMILES string of the molecule is [B]/C(=N\C(=C\CC)Nc1ccc(N)c(C=N)c1Cl)c1cccc(N)c1. The summed E-state index contributed by atoms with van der Waals surface area (Å²) in [6.07, 6.45) is 3.76. The van der Waals surface area contributed by atoms with E-state index in [1.165, 1.54) is 0 Å². The van der Waals surface area contributed by atoms with Crippen molar-refractivity contribution in [3.05, 3.63) is 64.4 Å². The van der Waals surface area contributed by atoms with E-state index in [4.69, 9.17) is 36.3 Å². The van der Waals surface area contributed by atoms with Gasteiger partial charge in [-0.3, -0.25) is 0 Å². The molecule has 0 amide bonds. The van der Waals surface area contributed by atoms with Crippen LogP contribution >= 0.6 is 11.6 Å². The highest BCUT2D eigenvalue weighted by Gasteiger charge is 2.09. The van der Waals surface area contributed by atoms with Crippen molar-refractivity contribution in [3.63, 3.8) is 0 Å². The molecule has 5 nitrogen and oxygen atoms in total. The molecule has 25 heavy (non-hydrogen) atoms. The first kappa shape index (κ1) is 18.6. The van der Waals surface area contributed by atoms with Crippen LogP contribution in [0.1, 0.15) is 24.5 Å². The zero-order valence-electron chi connectivity index (χ0n) is 13.9. The number of hydrogen-bond acceptors (Lipinski definition) is 5. The zero-order chi connectivity index (χ0) is 18.4. The molecule has 0 fully saturated rings. The number of nitrogens with zero attached hydrogens (tertiary/aromatic N) is 1. The van der Waals surface area contributed by atoms with Crippen molar-refractivity contribution >= 4 is 48.3 Å². The molecule has 0 saturated carbocycles. The first-order chi connectivity index (χ1) is 12.0. The summed E-state index contributed by atoms with van der Waals surface area (Å²) in [6.45, 7) is 1.99. The Morgan fingerprint density at radius 1 is 1.32 bits per heavy atom. The van der Waals surface area contributed by atoms with E-state index in [0.717, 1.165) is 18.2 Å². The highest BCUT2D eigenvalue weighted by atomic mass is 35.5. The van der Waals surface area contributed by atoms with E-state index < -0.39 is 0 Å². The Kier molecular flexibility index (Phi) is 6.25. The van der Waals surface area contributed by atoms with Gasteiger partial charge in [-0.15, -0.1) is 0 Å². The Bertz CT molecular complexity index is 845. The van der Waals surface area contributed by atoms with Gasteiger partial charge in [-0.25, -0.2) is 4.99 Å². The van der Waals surface area contributed by atoms with Crippen LogP contribution in [-0.2, 0) is 0 Å². The number of nitrogens with one attached hydrogen (secondary N) is 2. The number of halogens is 1. The maximum atomic E-state index is 7.44. The first-order valence-electron chi connectivity index (χ1n) is 7.72. The number of allylic oxidation sites excluding steroid dienone is 1. The number of nitrogens with two attached hydrogens (primary N) is 2. The molecule has 0 aromatic heterocycles. The van der Waals surface area contributed by atoms with Crippen LogP contribution in [0.2, 0.25) is 5.02 Å². The van der Waals surface area contributed by atoms with E-state index in [0.29, 0.717) is 39.1 Å². The van der Waals surface area contributed by atoms with Crippen LogP contribution in [0.4, 0.5) is 17.1 Å². The normalized spacial score (nSPS) is 12.1. The van der Waals surface area contributed by atoms with Gasteiger partial charge in [0.25, 0.3) is 0 Å². The summed E-state index contributed by atoms with van der Waals surface area (Å²) in [7, 11) is 6.09. The van der Waals surface area contributed by atoms with Gasteiger partial charge in [0, 0.05) is 23.2 Å². The Balaban J connectivity index is 2.36. The topological polar surface area (TPSA) is 100 Å². The fraction of sp³-hybridized carbons (Fsp3) is 0.111. The van der Waals surface area contributed by atoms with E-state index in [2.05, 4.69) is 10.3 Å². The Hall–Kier alpha value is -2.73. The van der Waals surface area contributed by atoms with Crippen molar-refractivity contribution in [2.45, 2.75) is 13.3 Å². The smallest absolute Gasteiger partial charge is 0.142 e. The van der Waals surface area contributed by atoms with Gasteiger partial charge in [-0.1, -0.05) is 30.7 Å². The molecule has 2 radical (unpaired) electrons. The maximum absolute atomic E-state index is 7.44. The van der Waals surface area contributed by atoms with Gasteiger partial charge >= 0.3 is 0 Å². The zero-order valence-corrected chi connectivity index (χ0v) is 14.6. The maximum Gasteiger partial charge on any atom is 0.142 e. The Morgan fingerprint density at radius 3 is 2.72 bits per heavy atom. The quantitative estimate of drug-likeness (QED) is 0.362. The predicted molar refractivity (Wildman–Crippen MR) is 109 cm³/mol. The monoisotopic (exact) mass is 351 g/mol. The number of hydrogen-bond donors (Lipinski definition) is 4. The van der Waals surface area contributed by atoms with Gasteiger partial charge in [0.05, 0.1) is 10.7 Å². The van der Waals surface area contributed by atoms with E-state index in [1.807, 2.05) is 25.1 Å². The summed E-state index contributed by atoms with van der Waals surface area (Å²) >= 11 is 6.32. The summed E-state index contributed by atoms with van der Waals surface area (Å²) in [5, 5.41) is 10.9. The third kappa shape index (κ3) is 4.64. The molecule has 6 N–H and O–H groups in total. The van der Waals surface area contributed by atoms with Crippen molar-refractivity contribution in [1.82, 2.24) is 0 Å². The average molecular weight is 352 g/mol. The molecular weight excluding hydrogens is 332 g/mol. The van der Waals surface area contributed by atoms with E-state index in [-0.39, 0.29) is 0 Å². The molecule has 2 rings (SSSR count). The Morgan fingerprint density at radius 2 is 2.08 bits per heavy atom. The van der Waals surface area contributed by atoms with E-state index >= 15 is 0 Å². The molecule has 2 aromatic rings. The molecule has 0 heterocycles. The van der Waals surface area contributed by atoms with Crippen LogP contribution in [0.3, 0.4) is 0 Å². The molecule has 126 valence electrons. The lowest BCUT2D eigenvalue weighted by atomic mass is 9.93. The Labute approximate surface area is 153 Å². The molecular formula is C18H19BClN5. The molecule has 2 aromatic carbocycles. The number of aliphatic imine (C=N–C) groups is 1. The lowest BCUT2D eigenvalue weighted by Crippen LogP contribution is -2.07. The molecule has 0 aliphatic carbocycles. The van der Waals surface area contributed by atoms with Crippen LogP contribution in [0.5, 0.6) is 0 Å². The summed E-state index contributed by atoms with van der Waals surface area (Å²) in [5.41, 5.74) is 14.8. The van der Waals surface area contributed by atoms with Crippen LogP contribution in [0.25, 0.3) is 0 Å². The second kappa shape index (κ2) is 8.40. The molecule has 0 spiro atoms. The largest absolute Gasteiger partial charge is 0.399 e. The summed E-state index contributed by atoms with van der Waals surface area (Å²) in [6, 6.07) is 10.6. The van der Waals surface area contributed by atoms with Crippen LogP contribution < -0.4 is 16.8 Å². The van der Waals surface area contributed by atoms with Gasteiger partial charge in [-0.05, 0) is 47.9 Å². The highest BCUT2D eigenvalue weighted by Crippen LogP contribution is 2.30. The molecule has 0 bridgehead atoms. The number of nitrogen functional groups attached to an aromatic ring is 2. The molecule has 0 unspecified atom stereocenters. The van der Waals surface area contributed by atoms with Crippen LogP contribution in [0, 0.1) is 5.41 Å². The molecule has 7 heteroatoms. The van der Waals surface area contributed by atoms with Crippen molar-refractivity contribution in [2.24, 2.45) is 4.99 Å². The van der Waals surface area contributed by atoms with Crippen molar-refractivity contribution < 1.29 is 0 Å².